The van der Waals surface area contributed by atoms with Crippen LogP contribution in [0.4, 0.5) is 4.39 Å². The van der Waals surface area contributed by atoms with E-state index in [1.165, 1.54) is 12.1 Å². The molecule has 0 saturated carbocycles. The molecular weight excluding hydrogens is 275 g/mol. The molecule has 0 aliphatic carbocycles. The van der Waals surface area contributed by atoms with Gasteiger partial charge in [-0.05, 0) is 48.1 Å². The summed E-state index contributed by atoms with van der Waals surface area (Å²) in [7, 11) is 1.63. The Kier molecular flexibility index (Phi) is 3.28. The number of benzene rings is 2. The van der Waals surface area contributed by atoms with Gasteiger partial charge in [-0.15, -0.1) is 0 Å². The van der Waals surface area contributed by atoms with Gasteiger partial charge < -0.3 is 14.3 Å². The van der Waals surface area contributed by atoms with Gasteiger partial charge in [0.25, 0.3) is 0 Å². The molecule has 0 spiro atoms. The number of rotatable bonds is 3. The smallest absolute Gasteiger partial charge is 0.178 e. The number of aromatic amines is 1. The fourth-order valence-electron chi connectivity index (χ4n) is 2.20. The van der Waals surface area contributed by atoms with E-state index in [2.05, 4.69) is 4.98 Å². The Balaban J connectivity index is 2.03. The molecule has 1 aromatic heterocycles. The Morgan fingerprint density at radius 2 is 1.95 bits per heavy atom. The van der Waals surface area contributed by atoms with E-state index in [4.69, 9.17) is 17.0 Å². The number of H-pyrrole nitrogens is 1. The maximum absolute atomic E-state index is 13.4. The van der Waals surface area contributed by atoms with Crippen molar-refractivity contribution in [1.82, 2.24) is 9.55 Å². The molecular formula is C15H13FN2OS. The largest absolute Gasteiger partial charge is 0.497 e. The van der Waals surface area contributed by atoms with E-state index >= 15 is 0 Å². The van der Waals surface area contributed by atoms with Crippen LogP contribution in [0.1, 0.15) is 5.56 Å². The van der Waals surface area contributed by atoms with Gasteiger partial charge in [0.2, 0.25) is 0 Å². The minimum absolute atomic E-state index is 0.269. The zero-order valence-corrected chi connectivity index (χ0v) is 11.7. The molecule has 0 unspecified atom stereocenters. The molecule has 2 aromatic carbocycles. The second-order valence-corrected chi connectivity index (χ2v) is 4.91. The molecule has 102 valence electrons. The van der Waals surface area contributed by atoms with Crippen LogP contribution in [0.3, 0.4) is 0 Å². The third-order valence-corrected chi connectivity index (χ3v) is 3.56. The van der Waals surface area contributed by atoms with Crippen molar-refractivity contribution in [3.63, 3.8) is 0 Å². The molecule has 1 N–H and O–H groups in total. The quantitative estimate of drug-likeness (QED) is 0.741. The topological polar surface area (TPSA) is 29.9 Å². The van der Waals surface area contributed by atoms with E-state index in [9.17, 15) is 4.39 Å². The predicted octanol–water partition coefficient (Wildman–Crippen LogP) is 3.89. The lowest BCUT2D eigenvalue weighted by molar-refractivity contribution is 0.414. The molecule has 3 nitrogen and oxygen atoms in total. The minimum atomic E-state index is -0.269. The monoisotopic (exact) mass is 288 g/mol. The van der Waals surface area contributed by atoms with Gasteiger partial charge in [0, 0.05) is 0 Å². The molecule has 0 aliphatic rings. The van der Waals surface area contributed by atoms with Gasteiger partial charge in [0.15, 0.2) is 4.77 Å². The maximum atomic E-state index is 13.4. The lowest BCUT2D eigenvalue weighted by atomic mass is 10.2. The van der Waals surface area contributed by atoms with Crippen molar-refractivity contribution in [2.24, 2.45) is 0 Å². The predicted molar refractivity (Wildman–Crippen MR) is 79.2 cm³/mol. The number of ether oxygens (including phenoxy) is 1. The van der Waals surface area contributed by atoms with Gasteiger partial charge in [-0.1, -0.05) is 12.1 Å². The number of halogens is 1. The first kappa shape index (κ1) is 12.9. The second-order valence-electron chi connectivity index (χ2n) is 4.53. The van der Waals surface area contributed by atoms with Crippen molar-refractivity contribution in [2.45, 2.75) is 6.54 Å². The summed E-state index contributed by atoms with van der Waals surface area (Å²) < 4.78 is 21.0. The standard InChI is InChI=1S/C15H13FN2OS/c1-19-12-5-2-10(3-6-12)9-18-14-8-11(16)4-7-13(14)17-15(18)20/h2-8H,9H2,1H3,(H,17,20). The van der Waals surface area contributed by atoms with Crippen molar-refractivity contribution >= 4 is 23.3 Å². The van der Waals surface area contributed by atoms with Crippen molar-refractivity contribution in [3.8, 4) is 5.75 Å². The maximum Gasteiger partial charge on any atom is 0.178 e. The molecule has 3 rings (SSSR count). The summed E-state index contributed by atoms with van der Waals surface area (Å²) in [4.78, 5) is 3.08. The summed E-state index contributed by atoms with van der Waals surface area (Å²) in [5.74, 6) is 0.539. The van der Waals surface area contributed by atoms with Gasteiger partial charge in [0.1, 0.15) is 11.6 Å². The Bertz CT molecular complexity index is 805. The summed E-state index contributed by atoms with van der Waals surface area (Å²) >= 11 is 5.30. The Morgan fingerprint density at radius 1 is 1.20 bits per heavy atom. The van der Waals surface area contributed by atoms with E-state index in [-0.39, 0.29) is 5.82 Å². The van der Waals surface area contributed by atoms with E-state index in [1.807, 2.05) is 28.8 Å². The van der Waals surface area contributed by atoms with Crippen LogP contribution in [-0.2, 0) is 6.54 Å². The number of fused-ring (bicyclic) bond motifs is 1. The van der Waals surface area contributed by atoms with Crippen LogP contribution in [-0.4, -0.2) is 16.7 Å². The number of nitrogens with one attached hydrogen (secondary N) is 1. The number of hydrogen-bond donors (Lipinski definition) is 1. The second kappa shape index (κ2) is 5.09. The third kappa shape index (κ3) is 2.32. The van der Waals surface area contributed by atoms with Gasteiger partial charge in [-0.3, -0.25) is 0 Å². The van der Waals surface area contributed by atoms with Crippen LogP contribution in [0.15, 0.2) is 42.5 Å². The average molecular weight is 288 g/mol. The van der Waals surface area contributed by atoms with Crippen LogP contribution in [0.25, 0.3) is 11.0 Å². The molecule has 0 fully saturated rings. The Morgan fingerprint density at radius 3 is 2.65 bits per heavy atom. The van der Waals surface area contributed by atoms with Crippen molar-refractivity contribution in [1.29, 1.82) is 0 Å². The molecule has 5 heteroatoms. The molecule has 3 aromatic rings. The minimum Gasteiger partial charge on any atom is -0.497 e. The number of nitrogens with zero attached hydrogens (tertiary/aromatic N) is 1. The van der Waals surface area contributed by atoms with E-state index < -0.39 is 0 Å². The fourth-order valence-corrected chi connectivity index (χ4v) is 2.47. The highest BCUT2D eigenvalue weighted by atomic mass is 32.1. The normalized spacial score (nSPS) is 10.9. The van der Waals surface area contributed by atoms with E-state index in [1.54, 1.807) is 13.2 Å². The highest BCUT2D eigenvalue weighted by Crippen LogP contribution is 2.18. The van der Waals surface area contributed by atoms with Crippen LogP contribution in [0.5, 0.6) is 5.75 Å². The van der Waals surface area contributed by atoms with Crippen molar-refractivity contribution in [2.75, 3.05) is 7.11 Å². The molecule has 0 radical (unpaired) electrons. The van der Waals surface area contributed by atoms with E-state index in [0.717, 1.165) is 22.3 Å². The summed E-state index contributed by atoms with van der Waals surface area (Å²) in [6, 6.07) is 12.3. The van der Waals surface area contributed by atoms with Crippen LogP contribution in [0.2, 0.25) is 0 Å². The lowest BCUT2D eigenvalue weighted by Gasteiger charge is -2.06. The highest BCUT2D eigenvalue weighted by Gasteiger charge is 2.06. The molecule has 0 atom stereocenters. The molecule has 0 saturated heterocycles. The molecule has 0 bridgehead atoms. The van der Waals surface area contributed by atoms with Crippen molar-refractivity contribution < 1.29 is 9.13 Å². The van der Waals surface area contributed by atoms with Crippen LogP contribution >= 0.6 is 12.2 Å². The fraction of sp³-hybridized carbons (Fsp3) is 0.133. The first-order valence-corrected chi connectivity index (χ1v) is 6.59. The van der Waals surface area contributed by atoms with E-state index in [0.29, 0.717) is 11.3 Å². The SMILES string of the molecule is COc1ccc(Cn2c(=S)[nH]c3ccc(F)cc32)cc1. The highest BCUT2D eigenvalue weighted by molar-refractivity contribution is 7.71. The Labute approximate surface area is 120 Å². The first-order chi connectivity index (χ1) is 9.67. The number of methoxy groups -OCH3 is 1. The van der Waals surface area contributed by atoms with Gasteiger partial charge in [-0.2, -0.15) is 0 Å². The molecule has 0 amide bonds. The van der Waals surface area contributed by atoms with Crippen LogP contribution in [0, 0.1) is 10.6 Å². The summed E-state index contributed by atoms with van der Waals surface area (Å²) in [6.07, 6.45) is 0. The summed E-state index contributed by atoms with van der Waals surface area (Å²) in [5, 5.41) is 0. The van der Waals surface area contributed by atoms with Gasteiger partial charge >= 0.3 is 0 Å². The van der Waals surface area contributed by atoms with Crippen molar-refractivity contribution in [3.05, 3.63) is 58.6 Å². The summed E-state index contributed by atoms with van der Waals surface area (Å²) in [6.45, 7) is 0.590. The lowest BCUT2D eigenvalue weighted by Crippen LogP contribution is -1.99. The van der Waals surface area contributed by atoms with Gasteiger partial charge in [0.05, 0.1) is 24.7 Å². The zero-order chi connectivity index (χ0) is 14.1. The van der Waals surface area contributed by atoms with Gasteiger partial charge in [-0.25, -0.2) is 4.39 Å². The number of imidazole rings is 1. The number of aromatic nitrogens is 2. The average Bonchev–Trinajstić information content (AvgIpc) is 2.76. The third-order valence-electron chi connectivity index (χ3n) is 3.24. The zero-order valence-electron chi connectivity index (χ0n) is 10.9. The first-order valence-electron chi connectivity index (χ1n) is 6.18. The van der Waals surface area contributed by atoms with Crippen LogP contribution < -0.4 is 4.74 Å². The molecule has 0 aliphatic heterocycles. The molecule has 20 heavy (non-hydrogen) atoms. The molecule has 1 heterocycles. The summed E-state index contributed by atoms with van der Waals surface area (Å²) in [5.41, 5.74) is 2.68. The Hall–Kier alpha value is -2.14. The number of hydrogen-bond acceptors (Lipinski definition) is 2.